The van der Waals surface area contributed by atoms with Crippen LogP contribution in [0, 0.1) is 11.3 Å². The second-order valence-corrected chi connectivity index (χ2v) is 17.0. The van der Waals surface area contributed by atoms with Crippen LogP contribution in [0.25, 0.3) is 15.4 Å². The van der Waals surface area contributed by atoms with Crippen molar-refractivity contribution in [2.75, 3.05) is 6.26 Å². The van der Waals surface area contributed by atoms with Crippen LogP contribution in [0.1, 0.15) is 29.2 Å². The number of rotatable bonds is 6. The SMILES string of the molecule is CC1=C(c2cccc(P(=O)(O)O)c2)S(=O)(=O)C(c2cccc(P(=O)(O)O)c2)=C(S(C)(=O)=O)/C1=C(\C#N)c1ccc(C(F)(F)F)cc1. The molecule has 0 saturated heterocycles. The average molecular weight is 716 g/mol. The van der Waals surface area contributed by atoms with E-state index in [0.29, 0.717) is 18.4 Å². The Morgan fingerprint density at radius 3 is 1.67 bits per heavy atom. The van der Waals surface area contributed by atoms with Gasteiger partial charge in [-0.05, 0) is 65.6 Å². The van der Waals surface area contributed by atoms with Gasteiger partial charge in [0.15, 0.2) is 9.84 Å². The number of benzene rings is 3. The second-order valence-electron chi connectivity index (χ2n) is 10.0. The molecule has 4 N–H and O–H groups in total. The molecule has 1 aliphatic heterocycles. The highest BCUT2D eigenvalue weighted by atomic mass is 32.2. The normalized spacial score (nSPS) is 17.1. The third-order valence-electron chi connectivity index (χ3n) is 6.81. The number of allylic oxidation sites excluding steroid dienone is 3. The van der Waals surface area contributed by atoms with Crippen molar-refractivity contribution in [3.8, 4) is 6.07 Å². The summed E-state index contributed by atoms with van der Waals surface area (Å²) >= 11 is 0. The van der Waals surface area contributed by atoms with Crippen molar-refractivity contribution < 1.29 is 58.7 Å². The molecule has 3 aromatic rings. The van der Waals surface area contributed by atoms with Crippen LogP contribution in [0.15, 0.2) is 88.8 Å². The number of nitrogens with zero attached hydrogens (tertiary/aromatic N) is 1. The molecule has 11 nitrogen and oxygen atoms in total. The van der Waals surface area contributed by atoms with Crippen molar-refractivity contribution >= 4 is 60.9 Å². The van der Waals surface area contributed by atoms with Crippen LogP contribution in [-0.4, -0.2) is 42.7 Å². The van der Waals surface area contributed by atoms with Gasteiger partial charge in [-0.25, -0.2) is 16.8 Å². The van der Waals surface area contributed by atoms with E-state index in [1.54, 1.807) is 6.07 Å². The number of sulfone groups is 2. The maximum Gasteiger partial charge on any atom is 0.416 e. The third kappa shape index (κ3) is 6.73. The zero-order valence-corrected chi connectivity index (χ0v) is 26.9. The minimum atomic E-state index is -5.08. The van der Waals surface area contributed by atoms with E-state index in [2.05, 4.69) is 0 Å². The van der Waals surface area contributed by atoms with Gasteiger partial charge >= 0.3 is 21.4 Å². The van der Waals surface area contributed by atoms with E-state index >= 15 is 0 Å². The molecule has 242 valence electrons. The van der Waals surface area contributed by atoms with E-state index in [9.17, 15) is 64.0 Å². The fraction of sp³-hybridized carbons (Fsp3) is 0.107. The molecule has 0 aromatic heterocycles. The van der Waals surface area contributed by atoms with Gasteiger partial charge in [0.05, 0.1) is 36.5 Å². The van der Waals surface area contributed by atoms with Gasteiger partial charge in [-0.3, -0.25) is 9.13 Å². The highest BCUT2D eigenvalue weighted by Crippen LogP contribution is 2.50. The van der Waals surface area contributed by atoms with Gasteiger partial charge in [-0.15, -0.1) is 0 Å². The highest BCUT2D eigenvalue weighted by Gasteiger charge is 2.43. The molecule has 3 aromatic carbocycles. The van der Waals surface area contributed by atoms with Gasteiger partial charge in [0.2, 0.25) is 9.84 Å². The lowest BCUT2D eigenvalue weighted by atomic mass is 9.92. The lowest BCUT2D eigenvalue weighted by Crippen LogP contribution is -2.23. The number of hydrogen-bond donors (Lipinski definition) is 4. The summed E-state index contributed by atoms with van der Waals surface area (Å²) < 4.78 is 120. The van der Waals surface area contributed by atoms with Gasteiger partial charge in [0, 0.05) is 11.8 Å². The molecule has 1 heterocycles. The molecule has 0 saturated carbocycles. The quantitative estimate of drug-likeness (QED) is 0.213. The summed E-state index contributed by atoms with van der Waals surface area (Å²) in [5, 5.41) is 8.98. The van der Waals surface area contributed by atoms with Gasteiger partial charge in [-0.2, -0.15) is 18.4 Å². The van der Waals surface area contributed by atoms with Crippen molar-refractivity contribution in [1.82, 2.24) is 0 Å². The predicted octanol–water partition coefficient (Wildman–Crippen LogP) is 3.86. The van der Waals surface area contributed by atoms with Gasteiger partial charge in [0.25, 0.3) is 0 Å². The fourth-order valence-electron chi connectivity index (χ4n) is 4.88. The third-order valence-corrected chi connectivity index (χ3v) is 12.0. The molecule has 46 heavy (non-hydrogen) atoms. The molecule has 18 heteroatoms. The number of alkyl halides is 3. The molecule has 0 aliphatic carbocycles. The van der Waals surface area contributed by atoms with Gasteiger partial charge in [-0.1, -0.05) is 36.4 Å². The van der Waals surface area contributed by atoms with Crippen LogP contribution in [0.5, 0.6) is 0 Å². The van der Waals surface area contributed by atoms with Crippen molar-refractivity contribution in [2.45, 2.75) is 13.1 Å². The number of halogens is 3. The van der Waals surface area contributed by atoms with Gasteiger partial charge in [0.1, 0.15) is 6.07 Å². The molecule has 0 radical (unpaired) electrons. The summed E-state index contributed by atoms with van der Waals surface area (Å²) in [6.07, 6.45) is -4.15. The van der Waals surface area contributed by atoms with Gasteiger partial charge < -0.3 is 19.6 Å². The molecule has 0 amide bonds. The summed E-state index contributed by atoms with van der Waals surface area (Å²) in [6.45, 7) is 1.11. The zero-order valence-electron chi connectivity index (χ0n) is 23.5. The van der Waals surface area contributed by atoms with Crippen molar-refractivity contribution in [3.05, 3.63) is 111 Å². The first kappa shape index (κ1) is 35.2. The molecule has 4 rings (SSSR count). The van der Waals surface area contributed by atoms with E-state index in [0.717, 1.165) is 67.6 Å². The Balaban J connectivity index is 2.28. The fourth-order valence-corrected chi connectivity index (χ4v) is 9.85. The van der Waals surface area contributed by atoms with E-state index in [-0.39, 0.29) is 11.1 Å². The molecule has 0 unspecified atom stereocenters. The molecule has 0 fully saturated rings. The largest absolute Gasteiger partial charge is 0.416 e. The monoisotopic (exact) mass is 715 g/mol. The molecular formula is C28H22F3NO10P2S2. The Kier molecular flexibility index (Phi) is 9.08. The minimum absolute atomic E-state index is 0.239. The van der Waals surface area contributed by atoms with Crippen molar-refractivity contribution in [3.63, 3.8) is 0 Å². The zero-order chi connectivity index (χ0) is 34.6. The Labute approximate surface area is 260 Å². The summed E-state index contributed by atoms with van der Waals surface area (Å²) in [6, 6.07) is 12.7. The van der Waals surface area contributed by atoms with Crippen LogP contribution in [0.2, 0.25) is 0 Å². The maximum atomic E-state index is 14.5. The van der Waals surface area contributed by atoms with E-state index < -0.39 is 94.2 Å². The number of nitriles is 1. The van der Waals surface area contributed by atoms with E-state index in [1.807, 2.05) is 0 Å². The molecule has 0 bridgehead atoms. The smallest absolute Gasteiger partial charge is 0.321 e. The molecule has 0 atom stereocenters. The first-order valence-corrected chi connectivity index (χ1v) is 19.2. The lowest BCUT2D eigenvalue weighted by Gasteiger charge is -2.28. The minimum Gasteiger partial charge on any atom is -0.321 e. The summed E-state index contributed by atoms with van der Waals surface area (Å²) in [7, 11) is -19.8. The van der Waals surface area contributed by atoms with E-state index in [4.69, 9.17) is 0 Å². The Morgan fingerprint density at radius 2 is 1.28 bits per heavy atom. The predicted molar refractivity (Wildman–Crippen MR) is 163 cm³/mol. The van der Waals surface area contributed by atoms with Crippen LogP contribution in [0.4, 0.5) is 13.2 Å². The topological polar surface area (TPSA) is 207 Å². The Bertz CT molecular complexity index is 2240. The van der Waals surface area contributed by atoms with Crippen LogP contribution in [-0.2, 0) is 35.0 Å². The molecule has 1 aliphatic rings. The van der Waals surface area contributed by atoms with Crippen LogP contribution in [0.3, 0.4) is 0 Å². The summed E-state index contributed by atoms with van der Waals surface area (Å²) in [5.41, 5.74) is -3.76. The standard InChI is InChI=1S/C28H22F3NO10P2S2/c1-16-24(23(15-32)17-9-11-20(12-10-17)28(29,30)31)27(45(2,39)40)26(19-6-4-8-22(14-19)44(36,37)38)46(41,42)25(16)18-5-3-7-21(13-18)43(33,34)35/h3-14H,1-2H3,(H2,33,34,35)(H2,36,37,38)/b24-23+. The Hall–Kier alpha value is -3.64. The Morgan fingerprint density at radius 1 is 0.826 bits per heavy atom. The van der Waals surface area contributed by atoms with Crippen LogP contribution < -0.4 is 10.6 Å². The number of hydrogen-bond acceptors (Lipinski definition) is 7. The first-order valence-electron chi connectivity index (χ1n) is 12.6. The molecule has 0 spiro atoms. The molecular weight excluding hydrogens is 693 g/mol. The lowest BCUT2D eigenvalue weighted by molar-refractivity contribution is -0.137. The van der Waals surface area contributed by atoms with E-state index in [1.165, 1.54) is 0 Å². The summed E-state index contributed by atoms with van der Waals surface area (Å²) in [5.74, 6) is 0. The maximum absolute atomic E-state index is 14.5. The highest BCUT2D eigenvalue weighted by molar-refractivity contribution is 8.10. The summed E-state index contributed by atoms with van der Waals surface area (Å²) in [4.78, 5) is 36.3. The van der Waals surface area contributed by atoms with Crippen molar-refractivity contribution in [1.29, 1.82) is 5.26 Å². The van der Waals surface area contributed by atoms with Crippen molar-refractivity contribution in [2.24, 2.45) is 0 Å². The van der Waals surface area contributed by atoms with Crippen LogP contribution >= 0.6 is 15.2 Å². The first-order chi connectivity index (χ1) is 21.0. The average Bonchev–Trinajstić information content (AvgIpc) is 2.92. The second kappa shape index (κ2) is 11.9.